The van der Waals surface area contributed by atoms with E-state index in [1.807, 2.05) is 24.3 Å². The molecule has 1 atom stereocenters. The maximum Gasteiger partial charge on any atom is 0.407 e. The number of rotatable bonds is 3. The van der Waals surface area contributed by atoms with Crippen LogP contribution < -0.4 is 11.1 Å². The molecular weight excluding hydrogens is 352 g/mol. The van der Waals surface area contributed by atoms with Gasteiger partial charge in [-0.3, -0.25) is 0 Å². The minimum Gasteiger partial charge on any atom is -0.449 e. The summed E-state index contributed by atoms with van der Waals surface area (Å²) in [4.78, 5) is 12.6. The van der Waals surface area contributed by atoms with Crippen LogP contribution in [0, 0.1) is 0 Å². The van der Waals surface area contributed by atoms with Gasteiger partial charge in [-0.15, -0.1) is 0 Å². The van der Waals surface area contributed by atoms with Crippen LogP contribution in [0.2, 0.25) is 0 Å². The molecule has 0 heterocycles. The third-order valence-corrected chi connectivity index (χ3v) is 7.10. The van der Waals surface area contributed by atoms with Gasteiger partial charge in [-0.05, 0) is 54.4 Å². The van der Waals surface area contributed by atoms with E-state index in [2.05, 4.69) is 29.6 Å². The summed E-state index contributed by atoms with van der Waals surface area (Å²) in [5.74, 6) is 0.0515. The van der Waals surface area contributed by atoms with Crippen LogP contribution in [0.15, 0.2) is 48.5 Å². The van der Waals surface area contributed by atoms with Gasteiger partial charge < -0.3 is 20.9 Å². The summed E-state index contributed by atoms with van der Waals surface area (Å²) in [6.45, 7) is 0.305. The molecule has 1 amide bonds. The number of aliphatic hydroxyl groups excluding tert-OH is 1. The number of ether oxygens (including phenoxy) is 1. The first kappa shape index (κ1) is 17.7. The van der Waals surface area contributed by atoms with Crippen molar-refractivity contribution in [2.45, 2.75) is 55.2 Å². The molecule has 3 saturated carbocycles. The molecule has 0 aliphatic heterocycles. The highest BCUT2D eigenvalue weighted by molar-refractivity contribution is 5.79. The number of alkyl carbamates (subject to hydrolysis) is 1. The predicted molar refractivity (Wildman–Crippen MR) is 107 cm³/mol. The van der Waals surface area contributed by atoms with Gasteiger partial charge in [-0.25, -0.2) is 4.79 Å². The van der Waals surface area contributed by atoms with Crippen molar-refractivity contribution in [1.29, 1.82) is 0 Å². The molecule has 3 fully saturated rings. The summed E-state index contributed by atoms with van der Waals surface area (Å²) >= 11 is 0. The summed E-state index contributed by atoms with van der Waals surface area (Å²) in [6.07, 6.45) is 2.60. The predicted octanol–water partition coefficient (Wildman–Crippen LogP) is 3.30. The van der Waals surface area contributed by atoms with E-state index in [4.69, 9.17) is 10.5 Å². The number of nitrogens with two attached hydrogens (primary N) is 1. The van der Waals surface area contributed by atoms with Gasteiger partial charge in [0.2, 0.25) is 0 Å². The second-order valence-corrected chi connectivity index (χ2v) is 8.68. The summed E-state index contributed by atoms with van der Waals surface area (Å²) in [5.41, 5.74) is 10.2. The lowest BCUT2D eigenvalue weighted by Gasteiger charge is -2.54. The Balaban J connectivity index is 1.29. The smallest absolute Gasteiger partial charge is 0.407 e. The second kappa shape index (κ2) is 6.33. The fourth-order valence-electron chi connectivity index (χ4n) is 5.33. The van der Waals surface area contributed by atoms with Crippen molar-refractivity contribution >= 4 is 6.09 Å². The zero-order valence-electron chi connectivity index (χ0n) is 15.9. The molecule has 2 aromatic rings. The van der Waals surface area contributed by atoms with Crippen molar-refractivity contribution in [3.8, 4) is 11.1 Å². The largest absolute Gasteiger partial charge is 0.449 e. The number of aliphatic hydroxyl groups is 1. The molecule has 5 nitrogen and oxygen atoms in total. The molecule has 4 aliphatic carbocycles. The standard InChI is InChI=1S/C23H26N2O3/c24-23-11-9-22(10-12-23,13-20(23)26)25-21(27)28-14-19-17-7-3-1-5-15(17)16-6-2-4-8-18(16)19/h1-8,19-20,26H,9-14,24H2,(H,25,27)/t20-,22?,23?/m0/s1. The zero-order chi connectivity index (χ0) is 19.4. The molecule has 2 aromatic carbocycles. The molecule has 4 N–H and O–H groups in total. The van der Waals surface area contributed by atoms with E-state index in [-0.39, 0.29) is 11.5 Å². The Bertz CT molecular complexity index is 872. The van der Waals surface area contributed by atoms with E-state index in [0.29, 0.717) is 13.0 Å². The van der Waals surface area contributed by atoms with Gasteiger partial charge in [0.25, 0.3) is 0 Å². The van der Waals surface area contributed by atoms with Crippen LogP contribution in [0.3, 0.4) is 0 Å². The Labute approximate surface area is 164 Å². The lowest BCUT2D eigenvalue weighted by Crippen LogP contribution is -2.68. The van der Waals surface area contributed by atoms with Gasteiger partial charge in [-0.1, -0.05) is 48.5 Å². The molecule has 0 saturated heterocycles. The van der Waals surface area contributed by atoms with E-state index in [9.17, 15) is 9.90 Å². The topological polar surface area (TPSA) is 84.6 Å². The van der Waals surface area contributed by atoms with Crippen LogP contribution in [-0.2, 0) is 4.74 Å². The summed E-state index contributed by atoms with van der Waals surface area (Å²) in [5, 5.41) is 13.4. The molecule has 6 rings (SSSR count). The van der Waals surface area contributed by atoms with Crippen LogP contribution in [-0.4, -0.2) is 35.0 Å². The van der Waals surface area contributed by atoms with Gasteiger partial charge in [0.05, 0.1) is 6.10 Å². The molecule has 0 aromatic heterocycles. The summed E-state index contributed by atoms with van der Waals surface area (Å²) in [7, 11) is 0. The van der Waals surface area contributed by atoms with Crippen molar-refractivity contribution in [1.82, 2.24) is 5.32 Å². The molecule has 146 valence electrons. The Morgan fingerprint density at radius 3 is 2.18 bits per heavy atom. The SMILES string of the molecule is NC12CCC(NC(=O)OCC3c4ccccc4-c4ccccc43)(CC1)C[C@@H]2O. The number of nitrogens with one attached hydrogen (secondary N) is 1. The fraction of sp³-hybridized carbons (Fsp3) is 0.435. The minimum atomic E-state index is -0.566. The van der Waals surface area contributed by atoms with E-state index in [0.717, 1.165) is 25.7 Å². The number of amides is 1. The number of hydrogen-bond acceptors (Lipinski definition) is 4. The molecule has 4 aliphatic rings. The van der Waals surface area contributed by atoms with Crippen LogP contribution in [0.4, 0.5) is 4.79 Å². The lowest BCUT2D eigenvalue weighted by atomic mass is 9.60. The van der Waals surface area contributed by atoms with E-state index >= 15 is 0 Å². The van der Waals surface area contributed by atoms with Crippen molar-refractivity contribution in [3.05, 3.63) is 59.7 Å². The molecule has 0 radical (unpaired) electrons. The Morgan fingerprint density at radius 2 is 1.61 bits per heavy atom. The van der Waals surface area contributed by atoms with Gasteiger partial charge in [0, 0.05) is 17.0 Å². The maximum absolute atomic E-state index is 12.6. The van der Waals surface area contributed by atoms with E-state index in [1.54, 1.807) is 0 Å². The van der Waals surface area contributed by atoms with Crippen LogP contribution in [0.25, 0.3) is 11.1 Å². The van der Waals surface area contributed by atoms with Gasteiger partial charge in [0.1, 0.15) is 6.61 Å². The van der Waals surface area contributed by atoms with Crippen molar-refractivity contribution in [2.75, 3.05) is 6.61 Å². The Kier molecular flexibility index (Phi) is 4.00. The number of carbonyl (C=O) groups is 1. The number of carbonyl (C=O) groups excluding carboxylic acids is 1. The molecule has 0 spiro atoms. The van der Waals surface area contributed by atoms with Crippen LogP contribution in [0.1, 0.15) is 49.1 Å². The monoisotopic (exact) mass is 378 g/mol. The van der Waals surface area contributed by atoms with Crippen molar-refractivity contribution in [3.63, 3.8) is 0 Å². The minimum absolute atomic E-state index is 0.0515. The Morgan fingerprint density at radius 1 is 1.04 bits per heavy atom. The first-order chi connectivity index (χ1) is 13.5. The van der Waals surface area contributed by atoms with Gasteiger partial charge in [0.15, 0.2) is 0 Å². The van der Waals surface area contributed by atoms with Gasteiger partial charge >= 0.3 is 6.09 Å². The Hall–Kier alpha value is -2.37. The van der Waals surface area contributed by atoms with E-state index < -0.39 is 17.7 Å². The number of fused-ring (bicyclic) bond motifs is 6. The first-order valence-electron chi connectivity index (χ1n) is 10.1. The molecule has 5 heteroatoms. The average Bonchev–Trinajstić information content (AvgIpc) is 3.02. The summed E-state index contributed by atoms with van der Waals surface area (Å²) in [6, 6.07) is 16.6. The molecule has 0 unspecified atom stereocenters. The lowest BCUT2D eigenvalue weighted by molar-refractivity contribution is -0.0428. The quantitative estimate of drug-likeness (QED) is 0.765. The van der Waals surface area contributed by atoms with Crippen molar-refractivity contribution in [2.24, 2.45) is 5.73 Å². The number of hydrogen-bond donors (Lipinski definition) is 3. The highest BCUT2D eigenvalue weighted by Gasteiger charge is 2.53. The first-order valence-corrected chi connectivity index (χ1v) is 10.1. The molecule has 2 bridgehead atoms. The number of benzene rings is 2. The zero-order valence-corrected chi connectivity index (χ0v) is 15.9. The van der Waals surface area contributed by atoms with Crippen molar-refractivity contribution < 1.29 is 14.6 Å². The highest BCUT2D eigenvalue weighted by atomic mass is 16.5. The maximum atomic E-state index is 12.6. The van der Waals surface area contributed by atoms with Gasteiger partial charge in [-0.2, -0.15) is 0 Å². The second-order valence-electron chi connectivity index (χ2n) is 8.68. The molecular formula is C23H26N2O3. The summed E-state index contributed by atoms with van der Waals surface area (Å²) < 4.78 is 5.68. The third kappa shape index (κ3) is 2.73. The highest BCUT2D eigenvalue weighted by Crippen LogP contribution is 2.46. The van der Waals surface area contributed by atoms with Crippen LogP contribution >= 0.6 is 0 Å². The fourth-order valence-corrected chi connectivity index (χ4v) is 5.33. The normalized spacial score (nSPS) is 30.6. The third-order valence-electron chi connectivity index (χ3n) is 7.10. The van der Waals surface area contributed by atoms with Crippen LogP contribution in [0.5, 0.6) is 0 Å². The molecule has 28 heavy (non-hydrogen) atoms. The van der Waals surface area contributed by atoms with E-state index in [1.165, 1.54) is 22.3 Å². The average molecular weight is 378 g/mol.